The topological polar surface area (TPSA) is 93.1 Å². The lowest BCUT2D eigenvalue weighted by molar-refractivity contribution is -0.223. The zero-order valence-electron chi connectivity index (χ0n) is 17.0. The molecule has 0 heterocycles. The fraction of sp³-hybridized carbons (Fsp3) is 0.913. The van der Waals surface area contributed by atoms with E-state index >= 15 is 0 Å². The first-order valence-corrected chi connectivity index (χ1v) is 11.6. The van der Waals surface area contributed by atoms with E-state index in [-0.39, 0.29) is 30.5 Å². The van der Waals surface area contributed by atoms with Gasteiger partial charge in [-0.25, -0.2) is 4.79 Å². The molecule has 0 aromatic carbocycles. The Hall–Kier alpha value is -1.14. The molecule has 2 N–H and O–H groups in total. The van der Waals surface area contributed by atoms with E-state index in [0.29, 0.717) is 37.0 Å². The summed E-state index contributed by atoms with van der Waals surface area (Å²) in [5, 5.41) is 21.2. The van der Waals surface area contributed by atoms with Gasteiger partial charge < -0.3 is 19.7 Å². The summed E-state index contributed by atoms with van der Waals surface area (Å²) in [4.78, 5) is 25.6. The standard InChI is InChI=1S/C23H32O6/c24-18(29-23-7-14-1-15(8-23)6-22(27,5-14)12-23)11-28-20(26)21-4-13-2-16(9-21)19(25)17(3-13)10-21/h13-17,19,25,27H,1-12H2. The highest BCUT2D eigenvalue weighted by molar-refractivity contribution is 5.81. The maximum absolute atomic E-state index is 13.0. The average molecular weight is 405 g/mol. The molecule has 0 aromatic rings. The van der Waals surface area contributed by atoms with Gasteiger partial charge in [0.15, 0.2) is 6.61 Å². The molecule has 8 fully saturated rings. The van der Waals surface area contributed by atoms with Gasteiger partial charge in [-0.2, -0.15) is 0 Å². The van der Waals surface area contributed by atoms with Gasteiger partial charge in [-0.1, -0.05) is 0 Å². The molecule has 0 spiro atoms. The van der Waals surface area contributed by atoms with Crippen LogP contribution in [0.15, 0.2) is 0 Å². The molecule has 29 heavy (non-hydrogen) atoms. The van der Waals surface area contributed by atoms with Crippen molar-refractivity contribution in [3.63, 3.8) is 0 Å². The van der Waals surface area contributed by atoms with Crippen molar-refractivity contribution < 1.29 is 29.3 Å². The monoisotopic (exact) mass is 404 g/mol. The molecule has 8 aliphatic rings. The highest BCUT2D eigenvalue weighted by Crippen LogP contribution is 2.61. The Morgan fingerprint density at radius 1 is 0.862 bits per heavy atom. The number of esters is 2. The first-order valence-electron chi connectivity index (χ1n) is 11.6. The van der Waals surface area contributed by atoms with Gasteiger partial charge in [0.2, 0.25) is 0 Å². The Labute approximate surface area is 171 Å². The predicted octanol–water partition coefficient (Wildman–Crippen LogP) is 2.34. The molecule has 4 unspecified atom stereocenters. The molecule has 4 atom stereocenters. The molecule has 0 saturated heterocycles. The van der Waals surface area contributed by atoms with E-state index in [2.05, 4.69) is 0 Å². The minimum atomic E-state index is -0.679. The number of rotatable bonds is 4. The summed E-state index contributed by atoms with van der Waals surface area (Å²) in [5.74, 6) is 1.04. The third kappa shape index (κ3) is 2.88. The molecule has 0 aliphatic heterocycles. The highest BCUT2D eigenvalue weighted by atomic mass is 16.6. The summed E-state index contributed by atoms with van der Waals surface area (Å²) >= 11 is 0. The molecule has 8 bridgehead atoms. The highest BCUT2D eigenvalue weighted by Gasteiger charge is 2.60. The molecular weight excluding hydrogens is 372 g/mol. The van der Waals surface area contributed by atoms with E-state index in [1.165, 1.54) is 0 Å². The average Bonchev–Trinajstić information content (AvgIpc) is 2.61. The smallest absolute Gasteiger partial charge is 0.344 e. The van der Waals surface area contributed by atoms with Crippen LogP contribution in [0, 0.1) is 35.0 Å². The van der Waals surface area contributed by atoms with E-state index in [4.69, 9.17) is 9.47 Å². The van der Waals surface area contributed by atoms with Crippen molar-refractivity contribution in [2.45, 2.75) is 87.9 Å². The quantitative estimate of drug-likeness (QED) is 0.699. The van der Waals surface area contributed by atoms with Crippen molar-refractivity contribution >= 4 is 11.9 Å². The normalized spacial score (nSPS) is 53.9. The summed E-state index contributed by atoms with van der Waals surface area (Å²) in [6.45, 7) is -0.335. The van der Waals surface area contributed by atoms with Gasteiger partial charge in [0.05, 0.1) is 17.1 Å². The molecule has 0 aromatic heterocycles. The zero-order chi connectivity index (χ0) is 20.0. The second kappa shape index (κ2) is 5.97. The van der Waals surface area contributed by atoms with E-state index in [9.17, 15) is 19.8 Å². The van der Waals surface area contributed by atoms with Crippen molar-refractivity contribution in [2.75, 3.05) is 6.61 Å². The van der Waals surface area contributed by atoms with Gasteiger partial charge in [0.25, 0.3) is 0 Å². The number of ether oxygens (including phenoxy) is 2. The third-order valence-electron chi connectivity index (χ3n) is 9.28. The second-order valence-corrected chi connectivity index (χ2v) is 11.7. The summed E-state index contributed by atoms with van der Waals surface area (Å²) in [5.41, 5.74) is -1.75. The van der Waals surface area contributed by atoms with Crippen LogP contribution in [-0.2, 0) is 19.1 Å². The van der Waals surface area contributed by atoms with Crippen LogP contribution in [0.5, 0.6) is 0 Å². The lowest BCUT2D eigenvalue weighted by Gasteiger charge is -2.59. The Morgan fingerprint density at radius 3 is 2.14 bits per heavy atom. The molecule has 8 saturated carbocycles. The lowest BCUT2D eigenvalue weighted by Crippen LogP contribution is -2.60. The molecule has 6 heteroatoms. The van der Waals surface area contributed by atoms with Crippen LogP contribution < -0.4 is 0 Å². The first kappa shape index (κ1) is 18.6. The van der Waals surface area contributed by atoms with Gasteiger partial charge in [-0.15, -0.1) is 0 Å². The summed E-state index contributed by atoms with van der Waals surface area (Å²) < 4.78 is 11.4. The number of carbonyl (C=O) groups excluding carboxylic acids is 2. The minimum absolute atomic E-state index is 0.202. The molecule has 6 nitrogen and oxygen atoms in total. The number of hydrogen-bond donors (Lipinski definition) is 2. The van der Waals surface area contributed by atoms with Crippen molar-refractivity contribution in [2.24, 2.45) is 35.0 Å². The number of carbonyl (C=O) groups is 2. The van der Waals surface area contributed by atoms with Crippen LogP contribution in [-0.4, -0.2) is 46.1 Å². The number of aliphatic hydroxyl groups is 2. The SMILES string of the molecule is O=C(COC(=O)C12CC3CC(C1)C(O)C(C3)C2)OC12CC3CC(CC(O)(C3)C1)C2. The Kier molecular flexibility index (Phi) is 3.83. The molecule has 160 valence electrons. The van der Waals surface area contributed by atoms with Crippen LogP contribution >= 0.6 is 0 Å². The number of aliphatic hydroxyl groups excluding tert-OH is 1. The fourth-order valence-electron chi connectivity index (χ4n) is 9.05. The third-order valence-corrected chi connectivity index (χ3v) is 9.28. The van der Waals surface area contributed by atoms with Gasteiger partial charge in [-0.3, -0.25) is 4.79 Å². The van der Waals surface area contributed by atoms with E-state index in [1.54, 1.807) is 0 Å². The van der Waals surface area contributed by atoms with E-state index in [1.807, 2.05) is 0 Å². The van der Waals surface area contributed by atoms with E-state index in [0.717, 1.165) is 51.4 Å². The second-order valence-electron chi connectivity index (χ2n) is 11.7. The summed E-state index contributed by atoms with van der Waals surface area (Å²) in [6, 6.07) is 0. The largest absolute Gasteiger partial charge is 0.456 e. The minimum Gasteiger partial charge on any atom is -0.456 e. The van der Waals surface area contributed by atoms with Crippen LogP contribution in [0.25, 0.3) is 0 Å². The van der Waals surface area contributed by atoms with Crippen molar-refractivity contribution in [1.82, 2.24) is 0 Å². The van der Waals surface area contributed by atoms with Crippen LogP contribution in [0.4, 0.5) is 0 Å². The van der Waals surface area contributed by atoms with Crippen molar-refractivity contribution in [1.29, 1.82) is 0 Å². The van der Waals surface area contributed by atoms with Crippen molar-refractivity contribution in [3.8, 4) is 0 Å². The predicted molar refractivity (Wildman–Crippen MR) is 101 cm³/mol. The van der Waals surface area contributed by atoms with Gasteiger partial charge in [-0.05, 0) is 93.8 Å². The molecule has 0 amide bonds. The van der Waals surface area contributed by atoms with Crippen molar-refractivity contribution in [3.05, 3.63) is 0 Å². The molecular formula is C23H32O6. The van der Waals surface area contributed by atoms with Crippen LogP contribution in [0.2, 0.25) is 0 Å². The zero-order valence-corrected chi connectivity index (χ0v) is 17.0. The van der Waals surface area contributed by atoms with E-state index < -0.39 is 22.6 Å². The summed E-state index contributed by atoms with van der Waals surface area (Å²) in [6.07, 6.45) is 8.95. The van der Waals surface area contributed by atoms with Crippen LogP contribution in [0.3, 0.4) is 0 Å². The Balaban J connectivity index is 1.09. The molecule has 0 radical (unpaired) electrons. The first-order chi connectivity index (χ1) is 13.8. The van der Waals surface area contributed by atoms with Crippen LogP contribution in [0.1, 0.15) is 70.6 Å². The maximum Gasteiger partial charge on any atom is 0.344 e. The number of hydrogen-bond acceptors (Lipinski definition) is 6. The fourth-order valence-corrected chi connectivity index (χ4v) is 9.05. The molecule has 8 rings (SSSR count). The lowest BCUT2D eigenvalue weighted by atomic mass is 9.48. The Bertz CT molecular complexity index is 716. The summed E-state index contributed by atoms with van der Waals surface area (Å²) in [7, 11) is 0. The van der Waals surface area contributed by atoms with Gasteiger partial charge >= 0.3 is 11.9 Å². The maximum atomic E-state index is 13.0. The van der Waals surface area contributed by atoms with Gasteiger partial charge in [0.1, 0.15) is 5.60 Å². The Morgan fingerprint density at radius 2 is 1.52 bits per heavy atom. The van der Waals surface area contributed by atoms with Gasteiger partial charge in [0, 0.05) is 6.42 Å². The molecule has 8 aliphatic carbocycles.